The van der Waals surface area contributed by atoms with Gasteiger partial charge in [0.05, 0.1) is 23.6 Å². The van der Waals surface area contributed by atoms with Crippen molar-refractivity contribution in [1.82, 2.24) is 14.0 Å². The molecule has 0 saturated carbocycles. The van der Waals surface area contributed by atoms with Crippen LogP contribution in [-0.4, -0.2) is 32.9 Å². The molecular formula is C28H31N5O4S. The summed E-state index contributed by atoms with van der Waals surface area (Å²) in [7, 11) is 1.33. The number of pyridine rings is 2. The molecule has 0 aromatic carbocycles. The second-order valence-corrected chi connectivity index (χ2v) is 10.8. The van der Waals surface area contributed by atoms with E-state index in [9.17, 15) is 14.4 Å². The first-order valence-electron chi connectivity index (χ1n) is 13.0. The molecule has 2 N–H and O–H groups in total. The number of hydrogen-bond acceptors (Lipinski definition) is 7. The van der Waals surface area contributed by atoms with Crippen molar-refractivity contribution in [2.24, 2.45) is 0 Å². The van der Waals surface area contributed by atoms with Gasteiger partial charge in [0.15, 0.2) is 0 Å². The molecule has 4 aromatic rings. The Morgan fingerprint density at radius 2 is 2.00 bits per heavy atom. The SMILES string of the molecule is CCCCCn1c(=N)c(C(=O)Nc2sc3c(c2C(=O)OC)CCCC3)cc2c(=O)n3cccc(C)c3nc21. The van der Waals surface area contributed by atoms with E-state index < -0.39 is 11.9 Å². The monoisotopic (exact) mass is 533 g/mol. The van der Waals surface area contributed by atoms with Gasteiger partial charge in [-0.25, -0.2) is 9.78 Å². The van der Waals surface area contributed by atoms with E-state index in [0.717, 1.165) is 60.9 Å². The maximum Gasteiger partial charge on any atom is 0.341 e. The van der Waals surface area contributed by atoms with Crippen LogP contribution in [0.2, 0.25) is 0 Å². The number of ether oxygens (including phenoxy) is 1. The number of esters is 1. The van der Waals surface area contributed by atoms with Gasteiger partial charge in [-0.3, -0.25) is 19.4 Å². The number of rotatable bonds is 7. The summed E-state index contributed by atoms with van der Waals surface area (Å²) in [6, 6.07) is 5.13. The second-order valence-electron chi connectivity index (χ2n) is 9.67. The summed E-state index contributed by atoms with van der Waals surface area (Å²) in [6.07, 6.45) is 8.00. The van der Waals surface area contributed by atoms with Crippen LogP contribution in [0.3, 0.4) is 0 Å². The van der Waals surface area contributed by atoms with Crippen LogP contribution in [0.5, 0.6) is 0 Å². The average molecular weight is 534 g/mol. The maximum atomic E-state index is 13.6. The molecule has 9 nitrogen and oxygen atoms in total. The molecule has 0 bridgehead atoms. The Balaban J connectivity index is 1.66. The average Bonchev–Trinajstić information content (AvgIpc) is 3.28. The Morgan fingerprint density at radius 1 is 1.21 bits per heavy atom. The van der Waals surface area contributed by atoms with Crippen molar-refractivity contribution in [2.45, 2.75) is 65.3 Å². The molecular weight excluding hydrogens is 502 g/mol. The van der Waals surface area contributed by atoms with Crippen molar-refractivity contribution >= 4 is 44.9 Å². The van der Waals surface area contributed by atoms with Crippen LogP contribution in [0.4, 0.5) is 5.00 Å². The van der Waals surface area contributed by atoms with E-state index >= 15 is 0 Å². The summed E-state index contributed by atoms with van der Waals surface area (Å²) < 4.78 is 8.17. The van der Waals surface area contributed by atoms with Gasteiger partial charge in [-0.1, -0.05) is 25.8 Å². The molecule has 0 unspecified atom stereocenters. The van der Waals surface area contributed by atoms with Gasteiger partial charge in [-0.05, 0) is 62.3 Å². The van der Waals surface area contributed by atoms with Crippen molar-refractivity contribution < 1.29 is 14.3 Å². The zero-order valence-corrected chi connectivity index (χ0v) is 22.7. The maximum absolute atomic E-state index is 13.6. The predicted octanol–water partition coefficient (Wildman–Crippen LogP) is 4.61. The van der Waals surface area contributed by atoms with Crippen LogP contribution in [0, 0.1) is 12.3 Å². The number of aryl methyl sites for hydroxylation is 3. The van der Waals surface area contributed by atoms with E-state index in [1.807, 2.05) is 13.0 Å². The third-order valence-corrected chi connectivity index (χ3v) is 8.36. The minimum absolute atomic E-state index is 0.0168. The number of fused-ring (bicyclic) bond motifs is 3. The first-order valence-corrected chi connectivity index (χ1v) is 13.8. The van der Waals surface area contributed by atoms with Crippen LogP contribution >= 0.6 is 11.3 Å². The molecule has 1 aliphatic rings. The van der Waals surface area contributed by atoms with E-state index in [1.165, 1.54) is 28.9 Å². The van der Waals surface area contributed by atoms with Crippen LogP contribution in [0.15, 0.2) is 29.2 Å². The number of methoxy groups -OCH3 is 1. The molecule has 0 radical (unpaired) electrons. The van der Waals surface area contributed by atoms with Gasteiger partial charge >= 0.3 is 5.97 Å². The summed E-state index contributed by atoms with van der Waals surface area (Å²) >= 11 is 1.39. The number of amides is 1. The fourth-order valence-electron chi connectivity index (χ4n) is 5.15. The normalized spacial score (nSPS) is 13.0. The highest BCUT2D eigenvalue weighted by Crippen LogP contribution is 2.38. The predicted molar refractivity (Wildman–Crippen MR) is 147 cm³/mol. The number of nitrogens with zero attached hydrogens (tertiary/aromatic N) is 3. The molecule has 0 spiro atoms. The summed E-state index contributed by atoms with van der Waals surface area (Å²) in [6.45, 7) is 4.44. The minimum Gasteiger partial charge on any atom is -0.465 e. The largest absolute Gasteiger partial charge is 0.465 e. The molecule has 0 fully saturated rings. The summed E-state index contributed by atoms with van der Waals surface area (Å²) in [4.78, 5) is 45.7. The lowest BCUT2D eigenvalue weighted by atomic mass is 9.95. The molecule has 4 heterocycles. The number of unbranched alkanes of at least 4 members (excludes halogenated alkanes) is 2. The van der Waals surface area contributed by atoms with E-state index in [-0.39, 0.29) is 22.0 Å². The second kappa shape index (κ2) is 10.5. The van der Waals surface area contributed by atoms with Crippen LogP contribution in [0.25, 0.3) is 16.7 Å². The molecule has 0 saturated heterocycles. The number of carbonyl (C=O) groups excluding carboxylic acids is 2. The van der Waals surface area contributed by atoms with Crippen molar-refractivity contribution in [1.29, 1.82) is 5.41 Å². The minimum atomic E-state index is -0.543. The molecule has 1 amide bonds. The third-order valence-electron chi connectivity index (χ3n) is 7.15. The molecule has 10 heteroatoms. The quantitative estimate of drug-likeness (QED) is 0.204. The molecule has 5 rings (SSSR count). The molecule has 38 heavy (non-hydrogen) atoms. The third kappa shape index (κ3) is 4.42. The number of thiophene rings is 1. The lowest BCUT2D eigenvalue weighted by Gasteiger charge is -2.15. The fourth-order valence-corrected chi connectivity index (χ4v) is 6.42. The van der Waals surface area contributed by atoms with Gasteiger partial charge < -0.3 is 14.6 Å². The highest BCUT2D eigenvalue weighted by Gasteiger charge is 2.28. The Bertz CT molecular complexity index is 1700. The Labute approximate surface area is 223 Å². The number of anilines is 1. The lowest BCUT2D eigenvalue weighted by molar-refractivity contribution is 0.0601. The van der Waals surface area contributed by atoms with Gasteiger partial charge in [-0.2, -0.15) is 0 Å². The molecule has 198 valence electrons. The molecule has 1 aliphatic carbocycles. The van der Waals surface area contributed by atoms with E-state index in [1.54, 1.807) is 16.8 Å². The van der Waals surface area contributed by atoms with Gasteiger partial charge in [0.1, 0.15) is 21.8 Å². The lowest BCUT2D eigenvalue weighted by Crippen LogP contribution is -2.32. The Kier molecular flexibility index (Phi) is 7.16. The zero-order valence-electron chi connectivity index (χ0n) is 21.8. The molecule has 4 aromatic heterocycles. The number of hydrogen-bond donors (Lipinski definition) is 2. The number of nitrogens with one attached hydrogen (secondary N) is 2. The molecule has 0 aliphatic heterocycles. The Morgan fingerprint density at radius 3 is 2.76 bits per heavy atom. The topological polar surface area (TPSA) is 119 Å². The van der Waals surface area contributed by atoms with Crippen molar-refractivity contribution in [3.63, 3.8) is 0 Å². The Hall–Kier alpha value is -3.79. The summed E-state index contributed by atoms with van der Waals surface area (Å²) in [5.41, 5.74) is 2.84. The van der Waals surface area contributed by atoms with Crippen LogP contribution in [-0.2, 0) is 24.1 Å². The number of carbonyl (C=O) groups is 2. The van der Waals surface area contributed by atoms with Gasteiger partial charge in [0.25, 0.3) is 11.5 Å². The molecule has 0 atom stereocenters. The highest BCUT2D eigenvalue weighted by atomic mass is 32.1. The first-order chi connectivity index (χ1) is 18.3. The zero-order chi connectivity index (χ0) is 27.0. The van der Waals surface area contributed by atoms with Gasteiger partial charge in [0, 0.05) is 17.6 Å². The fraction of sp³-hybridized carbons (Fsp3) is 0.393. The van der Waals surface area contributed by atoms with Crippen LogP contribution in [0.1, 0.15) is 75.7 Å². The summed E-state index contributed by atoms with van der Waals surface area (Å²) in [5, 5.41) is 12.5. The van der Waals surface area contributed by atoms with Gasteiger partial charge in [0.2, 0.25) is 0 Å². The smallest absolute Gasteiger partial charge is 0.341 e. The van der Waals surface area contributed by atoms with E-state index in [0.29, 0.717) is 28.4 Å². The van der Waals surface area contributed by atoms with Crippen molar-refractivity contribution in [2.75, 3.05) is 12.4 Å². The highest BCUT2D eigenvalue weighted by molar-refractivity contribution is 7.17. The summed E-state index contributed by atoms with van der Waals surface area (Å²) in [5.74, 6) is -1.03. The van der Waals surface area contributed by atoms with Crippen LogP contribution < -0.4 is 16.4 Å². The van der Waals surface area contributed by atoms with Crippen molar-refractivity contribution in [3.05, 3.63) is 67.4 Å². The first kappa shape index (κ1) is 25.8. The standard InChI is InChI=1S/C28H31N5O4S/c1-4-5-8-13-32-22(29)18(15-19-24(32)30-23-16(2)10-9-14-33(23)27(19)35)25(34)31-26-21(28(36)37-3)17-11-6-7-12-20(17)38-26/h9-10,14-15,29H,4-8,11-13H2,1-3H3,(H,31,34). The van der Waals surface area contributed by atoms with Gasteiger partial charge in [-0.15, -0.1) is 11.3 Å². The van der Waals surface area contributed by atoms with E-state index in [4.69, 9.17) is 15.1 Å². The van der Waals surface area contributed by atoms with E-state index in [2.05, 4.69) is 12.2 Å². The number of aromatic nitrogens is 3. The van der Waals surface area contributed by atoms with Crippen molar-refractivity contribution in [3.8, 4) is 0 Å².